The minimum atomic E-state index is -0.458. The number of halogens is 1. The first-order valence-electron chi connectivity index (χ1n) is 8.17. The average molecular weight is 376 g/mol. The molecule has 1 aromatic heterocycles. The van der Waals surface area contributed by atoms with E-state index >= 15 is 0 Å². The summed E-state index contributed by atoms with van der Waals surface area (Å²) in [5.74, 6) is -0.0813. The zero-order chi connectivity index (χ0) is 18.8. The third-order valence-corrected chi connectivity index (χ3v) is 4.61. The van der Waals surface area contributed by atoms with E-state index in [2.05, 4.69) is 10.3 Å². The first-order chi connectivity index (χ1) is 12.4. The van der Waals surface area contributed by atoms with Crippen molar-refractivity contribution in [2.45, 2.75) is 32.2 Å². The van der Waals surface area contributed by atoms with Crippen LogP contribution >= 0.6 is 11.6 Å². The molecule has 3 rings (SSSR count). The Labute approximate surface area is 155 Å². The number of anilines is 1. The Balaban J connectivity index is 1.80. The molecule has 0 atom stereocenters. The lowest BCUT2D eigenvalue weighted by Crippen LogP contribution is -2.10. The van der Waals surface area contributed by atoms with Gasteiger partial charge in [0.15, 0.2) is 0 Å². The number of aryl methyl sites for hydroxylation is 1. The highest BCUT2D eigenvalue weighted by atomic mass is 35.5. The van der Waals surface area contributed by atoms with E-state index in [-0.39, 0.29) is 16.7 Å². The molecule has 7 nitrogen and oxygen atoms in total. The van der Waals surface area contributed by atoms with E-state index in [0.717, 1.165) is 24.2 Å². The van der Waals surface area contributed by atoms with Gasteiger partial charge >= 0.3 is 5.97 Å². The van der Waals surface area contributed by atoms with Crippen molar-refractivity contribution in [3.8, 4) is 0 Å². The number of carbonyl (C=O) groups is 1. The molecule has 0 bridgehead atoms. The summed E-state index contributed by atoms with van der Waals surface area (Å²) in [5.41, 5.74) is 3.13. The fraction of sp³-hybridized carbons (Fsp3) is 0.333. The van der Waals surface area contributed by atoms with Gasteiger partial charge in [-0.05, 0) is 38.0 Å². The average Bonchev–Trinajstić information content (AvgIpc) is 3.46. The number of rotatable bonds is 6. The van der Waals surface area contributed by atoms with Crippen molar-refractivity contribution in [1.29, 1.82) is 0 Å². The maximum Gasteiger partial charge on any atom is 0.339 e. The molecule has 0 saturated heterocycles. The Hall–Kier alpha value is -2.67. The second-order valence-corrected chi connectivity index (χ2v) is 6.64. The highest BCUT2D eigenvalue weighted by Crippen LogP contribution is 2.41. The molecule has 0 unspecified atom stereocenters. The standard InChI is InChI=1S/C18H18ClN3O4/c1-10-7-15(14(19)8-16(10)22(24)25)20-9-12-5-6-13(18(23)26-2)17(21-12)11-3-4-11/h5-8,11,20H,3-4,9H2,1-2H3. The monoisotopic (exact) mass is 375 g/mol. The quantitative estimate of drug-likeness (QED) is 0.461. The number of aromatic nitrogens is 1. The van der Waals surface area contributed by atoms with Crippen LogP contribution in [0.15, 0.2) is 24.3 Å². The van der Waals surface area contributed by atoms with Crippen LogP contribution in [0, 0.1) is 17.0 Å². The Bertz CT molecular complexity index is 881. The first kappa shape index (κ1) is 18.1. The molecule has 1 saturated carbocycles. The van der Waals surface area contributed by atoms with Gasteiger partial charge in [0, 0.05) is 17.5 Å². The molecule has 1 fully saturated rings. The van der Waals surface area contributed by atoms with Crippen molar-refractivity contribution in [3.05, 3.63) is 61.9 Å². The zero-order valence-corrected chi connectivity index (χ0v) is 15.2. The lowest BCUT2D eigenvalue weighted by atomic mass is 10.1. The number of hydrogen-bond acceptors (Lipinski definition) is 6. The lowest BCUT2D eigenvalue weighted by molar-refractivity contribution is -0.385. The van der Waals surface area contributed by atoms with E-state index in [1.54, 1.807) is 25.1 Å². The number of nitrogens with one attached hydrogen (secondary N) is 1. The lowest BCUT2D eigenvalue weighted by Gasteiger charge is -2.12. The summed E-state index contributed by atoms with van der Waals surface area (Å²) in [6, 6.07) is 6.47. The van der Waals surface area contributed by atoms with Gasteiger partial charge in [-0.25, -0.2) is 4.79 Å². The fourth-order valence-electron chi connectivity index (χ4n) is 2.76. The number of methoxy groups -OCH3 is 1. The predicted molar refractivity (Wildman–Crippen MR) is 97.7 cm³/mol. The fourth-order valence-corrected chi connectivity index (χ4v) is 2.98. The molecule has 1 aliphatic carbocycles. The minimum Gasteiger partial charge on any atom is -0.465 e. The predicted octanol–water partition coefficient (Wildman–Crippen LogP) is 4.23. The minimum absolute atomic E-state index is 0.0166. The van der Waals surface area contributed by atoms with E-state index in [1.807, 2.05) is 0 Å². The highest BCUT2D eigenvalue weighted by molar-refractivity contribution is 6.33. The third kappa shape index (κ3) is 3.77. The van der Waals surface area contributed by atoms with Gasteiger partial charge in [-0.15, -0.1) is 0 Å². The Morgan fingerprint density at radius 3 is 2.77 bits per heavy atom. The van der Waals surface area contributed by atoms with Gasteiger partial charge in [0.2, 0.25) is 0 Å². The number of esters is 1. The van der Waals surface area contributed by atoms with Crippen LogP contribution in [-0.4, -0.2) is 23.0 Å². The van der Waals surface area contributed by atoms with Gasteiger partial charge < -0.3 is 10.1 Å². The summed E-state index contributed by atoms with van der Waals surface area (Å²) in [6.07, 6.45) is 2.03. The second kappa shape index (κ2) is 7.29. The van der Waals surface area contributed by atoms with E-state index in [9.17, 15) is 14.9 Å². The second-order valence-electron chi connectivity index (χ2n) is 6.23. The summed E-state index contributed by atoms with van der Waals surface area (Å²) in [7, 11) is 1.35. The van der Waals surface area contributed by atoms with Crippen molar-refractivity contribution in [2.75, 3.05) is 12.4 Å². The van der Waals surface area contributed by atoms with Crippen LogP contribution in [0.5, 0.6) is 0 Å². The van der Waals surface area contributed by atoms with Gasteiger partial charge in [0.1, 0.15) is 0 Å². The molecule has 0 amide bonds. The van der Waals surface area contributed by atoms with Crippen molar-refractivity contribution >= 4 is 28.9 Å². The molecule has 2 aromatic rings. The zero-order valence-electron chi connectivity index (χ0n) is 14.4. The van der Waals surface area contributed by atoms with Gasteiger partial charge in [0.25, 0.3) is 5.69 Å². The molecule has 1 N–H and O–H groups in total. The van der Waals surface area contributed by atoms with Crippen molar-refractivity contribution in [3.63, 3.8) is 0 Å². The number of ether oxygens (including phenoxy) is 1. The number of nitro groups is 1. The summed E-state index contributed by atoms with van der Waals surface area (Å²) >= 11 is 6.14. The summed E-state index contributed by atoms with van der Waals surface area (Å²) in [4.78, 5) is 27.0. The molecule has 1 aromatic carbocycles. The highest BCUT2D eigenvalue weighted by Gasteiger charge is 2.30. The molecule has 136 valence electrons. The van der Waals surface area contributed by atoms with Gasteiger partial charge in [-0.2, -0.15) is 0 Å². The number of carbonyl (C=O) groups excluding carboxylic acids is 1. The van der Waals surface area contributed by atoms with Crippen molar-refractivity contribution in [2.24, 2.45) is 0 Å². The number of nitrogens with zero attached hydrogens (tertiary/aromatic N) is 2. The van der Waals surface area contributed by atoms with E-state index in [1.165, 1.54) is 13.2 Å². The van der Waals surface area contributed by atoms with Crippen molar-refractivity contribution in [1.82, 2.24) is 4.98 Å². The Kier molecular flexibility index (Phi) is 5.08. The topological polar surface area (TPSA) is 94.4 Å². The Morgan fingerprint density at radius 1 is 1.42 bits per heavy atom. The molecular formula is C18H18ClN3O4. The summed E-state index contributed by atoms with van der Waals surface area (Å²) in [5, 5.41) is 14.4. The molecule has 8 heteroatoms. The number of hydrogen-bond donors (Lipinski definition) is 1. The largest absolute Gasteiger partial charge is 0.465 e. The van der Waals surface area contributed by atoms with Gasteiger partial charge in [-0.3, -0.25) is 15.1 Å². The van der Waals surface area contributed by atoms with Crippen LogP contribution in [0.4, 0.5) is 11.4 Å². The van der Waals surface area contributed by atoms with Crippen LogP contribution in [0.25, 0.3) is 0 Å². The number of nitro benzene ring substituents is 1. The third-order valence-electron chi connectivity index (χ3n) is 4.29. The molecule has 0 aliphatic heterocycles. The molecular weight excluding hydrogens is 358 g/mol. The first-order valence-corrected chi connectivity index (χ1v) is 8.55. The summed E-state index contributed by atoms with van der Waals surface area (Å²) in [6.45, 7) is 2.05. The van der Waals surface area contributed by atoms with Crippen LogP contribution in [-0.2, 0) is 11.3 Å². The molecule has 26 heavy (non-hydrogen) atoms. The Morgan fingerprint density at radius 2 is 2.15 bits per heavy atom. The van der Waals surface area contributed by atoms with Crippen LogP contribution < -0.4 is 5.32 Å². The SMILES string of the molecule is COC(=O)c1ccc(CNc2cc(C)c([N+](=O)[O-])cc2Cl)nc1C1CC1. The van der Waals surface area contributed by atoms with Crippen LogP contribution in [0.3, 0.4) is 0 Å². The van der Waals surface area contributed by atoms with Gasteiger partial charge in [0.05, 0.1) is 46.2 Å². The molecule has 0 radical (unpaired) electrons. The maximum absolute atomic E-state index is 11.9. The normalized spacial score (nSPS) is 13.3. The van der Waals surface area contributed by atoms with Crippen molar-refractivity contribution < 1.29 is 14.5 Å². The van der Waals surface area contributed by atoms with E-state index < -0.39 is 4.92 Å². The maximum atomic E-state index is 11.9. The smallest absolute Gasteiger partial charge is 0.339 e. The molecule has 0 spiro atoms. The number of benzene rings is 1. The van der Waals surface area contributed by atoms with Gasteiger partial charge in [-0.1, -0.05) is 11.6 Å². The van der Waals surface area contributed by atoms with Crippen LogP contribution in [0.2, 0.25) is 5.02 Å². The molecule has 1 heterocycles. The van der Waals surface area contributed by atoms with E-state index in [0.29, 0.717) is 29.3 Å². The van der Waals surface area contributed by atoms with Crippen LogP contribution in [0.1, 0.15) is 46.1 Å². The number of pyridine rings is 1. The van der Waals surface area contributed by atoms with E-state index in [4.69, 9.17) is 16.3 Å². The summed E-state index contributed by atoms with van der Waals surface area (Å²) < 4.78 is 4.82. The molecule has 1 aliphatic rings.